The van der Waals surface area contributed by atoms with Crippen LogP contribution in [0, 0.1) is 0 Å². The molecule has 0 saturated heterocycles. The highest BCUT2D eigenvalue weighted by molar-refractivity contribution is 5.53. The largest absolute Gasteiger partial charge is 0.421 e. The zero-order valence-electron chi connectivity index (χ0n) is 28.2. The number of azo groups is 2. The summed E-state index contributed by atoms with van der Waals surface area (Å²) in [6, 6.07) is 16.9. The predicted molar refractivity (Wildman–Crippen MR) is 183 cm³/mol. The molecular weight excluding hydrogens is 560 g/mol. The van der Waals surface area contributed by atoms with Gasteiger partial charge in [0.15, 0.2) is 0 Å². The number of unbranched alkanes of at least 4 members (excludes halogenated alkanes) is 2. The molecule has 0 bridgehead atoms. The molecule has 0 unspecified atom stereocenters. The highest BCUT2D eigenvalue weighted by Gasteiger charge is 2.16. The van der Waals surface area contributed by atoms with Crippen LogP contribution in [-0.2, 0) is 26.2 Å². The smallest absolute Gasteiger partial charge is 0.372 e. The lowest BCUT2D eigenvalue weighted by Crippen LogP contribution is -2.30. The molecule has 2 aromatic carbocycles. The first-order valence-corrected chi connectivity index (χ1v) is 16.8. The van der Waals surface area contributed by atoms with Crippen molar-refractivity contribution in [1.82, 2.24) is 9.13 Å². The van der Waals surface area contributed by atoms with E-state index in [0.717, 1.165) is 88.5 Å². The maximum atomic E-state index is 4.54. The Labute approximate surface area is 269 Å². The van der Waals surface area contributed by atoms with Crippen LogP contribution in [-0.4, -0.2) is 35.3 Å². The highest BCUT2D eigenvalue weighted by atomic mass is 15.3. The van der Waals surface area contributed by atoms with Crippen LogP contribution in [0.2, 0.25) is 0 Å². The van der Waals surface area contributed by atoms with E-state index in [4.69, 9.17) is 0 Å². The van der Waals surface area contributed by atoms with Gasteiger partial charge in [-0.2, -0.15) is 0 Å². The molecule has 0 fully saturated rings. The first-order chi connectivity index (χ1) is 22.0. The third kappa shape index (κ3) is 8.86. The maximum absolute atomic E-state index is 4.54. The molecule has 0 amide bonds. The number of rotatable bonds is 18. The highest BCUT2D eigenvalue weighted by Crippen LogP contribution is 2.24. The Bertz CT molecular complexity index is 1340. The average molecular weight is 613 g/mol. The van der Waals surface area contributed by atoms with Gasteiger partial charge in [0.1, 0.15) is 11.4 Å². The number of aromatic nitrogens is 4. The lowest BCUT2D eigenvalue weighted by atomic mass is 10.2. The van der Waals surface area contributed by atoms with Gasteiger partial charge in [-0.1, -0.05) is 10.2 Å². The normalized spacial score (nSPS) is 11.7. The van der Waals surface area contributed by atoms with Gasteiger partial charge < -0.3 is 9.80 Å². The molecule has 2 heterocycles. The SMILES string of the molecule is CCN(CCCCCN(CC)c1ccc(/N=N/c2n(CC)cc[n+]2CC)cc1)c1ccc(/N=N/c2n(CC)cc[n+]2CC)cc1. The average Bonchev–Trinajstić information content (AvgIpc) is 3.69. The minimum Gasteiger partial charge on any atom is -0.372 e. The number of imidazole rings is 2. The topological polar surface area (TPSA) is 73.5 Å². The lowest BCUT2D eigenvalue weighted by Gasteiger charge is -2.25. The Morgan fingerprint density at radius 1 is 0.533 bits per heavy atom. The summed E-state index contributed by atoms with van der Waals surface area (Å²) in [7, 11) is 0. The zero-order chi connectivity index (χ0) is 32.0. The van der Waals surface area contributed by atoms with Crippen LogP contribution < -0.4 is 18.9 Å². The molecule has 0 aliphatic rings. The fourth-order valence-electron chi connectivity index (χ4n) is 5.52. The van der Waals surface area contributed by atoms with Gasteiger partial charge in [0.25, 0.3) is 0 Å². The van der Waals surface area contributed by atoms with Crippen molar-refractivity contribution in [3.63, 3.8) is 0 Å². The Balaban J connectivity index is 1.24. The van der Waals surface area contributed by atoms with Gasteiger partial charge in [-0.3, -0.25) is 0 Å². The van der Waals surface area contributed by atoms with E-state index >= 15 is 0 Å². The molecule has 0 atom stereocenters. The second-order valence-corrected chi connectivity index (χ2v) is 11.0. The standard InChI is InChI=1S/C35H52N10/c1-7-40(32-20-16-30(17-21-32)36-38-34-42(9-3)26-27-43(34)10-4)24-14-13-15-25-41(8-2)33-22-18-31(19-23-33)37-39-35-44(11-5)28-29-45(35)12-6/h16-23,26-29H,7-15,24-25H2,1-6H3/q+2. The van der Waals surface area contributed by atoms with Gasteiger partial charge in [-0.15, -0.1) is 0 Å². The third-order valence-corrected chi connectivity index (χ3v) is 8.30. The van der Waals surface area contributed by atoms with Crippen LogP contribution in [0.3, 0.4) is 0 Å². The first-order valence-electron chi connectivity index (χ1n) is 16.8. The molecule has 0 N–H and O–H groups in total. The fourth-order valence-corrected chi connectivity index (χ4v) is 5.52. The second-order valence-electron chi connectivity index (χ2n) is 11.0. The Morgan fingerprint density at radius 3 is 1.27 bits per heavy atom. The van der Waals surface area contributed by atoms with Gasteiger partial charge in [-0.05, 0) is 109 Å². The lowest BCUT2D eigenvalue weighted by molar-refractivity contribution is -0.680. The second kappa shape index (κ2) is 17.2. The summed E-state index contributed by atoms with van der Waals surface area (Å²) in [5, 5.41) is 18.1. The molecule has 0 radical (unpaired) electrons. The Kier molecular flexibility index (Phi) is 12.8. The van der Waals surface area contributed by atoms with E-state index in [1.54, 1.807) is 0 Å². The van der Waals surface area contributed by atoms with E-state index in [1.165, 1.54) is 17.8 Å². The molecule has 4 aromatic rings. The Hall–Kier alpha value is -4.34. The van der Waals surface area contributed by atoms with E-state index in [1.807, 2.05) is 0 Å². The van der Waals surface area contributed by atoms with E-state index < -0.39 is 0 Å². The molecule has 0 aliphatic heterocycles. The summed E-state index contributed by atoms with van der Waals surface area (Å²) in [6.07, 6.45) is 11.7. The minimum atomic E-state index is 0.869. The zero-order valence-corrected chi connectivity index (χ0v) is 28.2. The third-order valence-electron chi connectivity index (χ3n) is 8.30. The van der Waals surface area contributed by atoms with Crippen molar-refractivity contribution in [3.8, 4) is 0 Å². The van der Waals surface area contributed by atoms with Crippen molar-refractivity contribution in [2.24, 2.45) is 20.5 Å². The van der Waals surface area contributed by atoms with Gasteiger partial charge in [0.05, 0.1) is 51.0 Å². The first kappa shape index (κ1) is 33.6. The van der Waals surface area contributed by atoms with Crippen LogP contribution in [0.25, 0.3) is 0 Å². The van der Waals surface area contributed by atoms with Crippen molar-refractivity contribution in [1.29, 1.82) is 0 Å². The van der Waals surface area contributed by atoms with Gasteiger partial charge in [0.2, 0.25) is 0 Å². The molecule has 240 valence electrons. The monoisotopic (exact) mass is 612 g/mol. The number of hydrogen-bond acceptors (Lipinski definition) is 6. The van der Waals surface area contributed by atoms with Crippen LogP contribution in [0.15, 0.2) is 93.8 Å². The Morgan fingerprint density at radius 2 is 0.933 bits per heavy atom. The van der Waals surface area contributed by atoms with Gasteiger partial charge in [0, 0.05) is 47.8 Å². The molecule has 10 nitrogen and oxygen atoms in total. The summed E-state index contributed by atoms with van der Waals surface area (Å²) in [5.41, 5.74) is 4.20. The summed E-state index contributed by atoms with van der Waals surface area (Å²) in [6.45, 7) is 20.5. The summed E-state index contributed by atoms with van der Waals surface area (Å²) < 4.78 is 8.44. The number of nitrogens with zero attached hydrogens (tertiary/aromatic N) is 10. The predicted octanol–water partition coefficient (Wildman–Crippen LogP) is 8.30. The fraction of sp³-hybridized carbons (Fsp3) is 0.486. The van der Waals surface area contributed by atoms with Crippen LogP contribution in [0.5, 0.6) is 0 Å². The molecule has 45 heavy (non-hydrogen) atoms. The van der Waals surface area contributed by atoms with Crippen molar-refractivity contribution >= 4 is 34.6 Å². The number of anilines is 2. The van der Waals surface area contributed by atoms with Crippen LogP contribution in [0.1, 0.15) is 60.8 Å². The quantitative estimate of drug-likeness (QED) is 0.0644. The van der Waals surface area contributed by atoms with Crippen molar-refractivity contribution < 1.29 is 9.13 Å². The summed E-state index contributed by atoms with van der Waals surface area (Å²) in [4.78, 5) is 4.89. The maximum Gasteiger partial charge on any atom is 0.421 e. The number of benzene rings is 2. The number of aryl methyl sites for hydroxylation is 4. The van der Waals surface area contributed by atoms with Gasteiger partial charge >= 0.3 is 11.9 Å². The molecule has 0 saturated carbocycles. The van der Waals surface area contributed by atoms with Crippen molar-refractivity contribution in [2.45, 2.75) is 87.0 Å². The van der Waals surface area contributed by atoms with E-state index in [9.17, 15) is 0 Å². The summed E-state index contributed by atoms with van der Waals surface area (Å²) in [5.74, 6) is 1.76. The van der Waals surface area contributed by atoms with E-state index in [-0.39, 0.29) is 0 Å². The van der Waals surface area contributed by atoms with E-state index in [0.29, 0.717) is 0 Å². The van der Waals surface area contributed by atoms with Crippen molar-refractivity contribution in [2.75, 3.05) is 36.0 Å². The molecule has 0 aliphatic carbocycles. The summed E-state index contributed by atoms with van der Waals surface area (Å²) >= 11 is 0. The van der Waals surface area contributed by atoms with Crippen molar-refractivity contribution in [3.05, 3.63) is 73.3 Å². The van der Waals surface area contributed by atoms with Crippen LogP contribution >= 0.6 is 0 Å². The minimum absolute atomic E-state index is 0.869. The van der Waals surface area contributed by atoms with Crippen LogP contribution in [0.4, 0.5) is 34.6 Å². The molecule has 10 heteroatoms. The van der Waals surface area contributed by atoms with E-state index in [2.05, 4.69) is 163 Å². The molecule has 4 rings (SSSR count). The molecule has 2 aromatic heterocycles. The molecular formula is C35H52N10+2. The number of hydrogen-bond donors (Lipinski definition) is 0. The molecule has 0 spiro atoms. The van der Waals surface area contributed by atoms with Gasteiger partial charge in [-0.25, -0.2) is 18.3 Å².